The molecule has 0 amide bonds. The van der Waals surface area contributed by atoms with E-state index < -0.39 is 0 Å². The quantitative estimate of drug-likeness (QED) is 0.822. The van der Waals surface area contributed by atoms with Crippen molar-refractivity contribution in [2.45, 2.75) is 31.3 Å². The van der Waals surface area contributed by atoms with Gasteiger partial charge in [-0.2, -0.15) is 0 Å². The van der Waals surface area contributed by atoms with Crippen molar-refractivity contribution in [2.75, 3.05) is 34.9 Å². The first-order valence-electron chi connectivity index (χ1n) is 7.07. The molecule has 5 nitrogen and oxygen atoms in total. The molecule has 2 rings (SSSR count). The molecule has 1 aliphatic carbocycles. The van der Waals surface area contributed by atoms with Crippen LogP contribution in [0.2, 0.25) is 0 Å². The highest BCUT2D eigenvalue weighted by atomic mass is 16.5. The molecule has 1 saturated carbocycles. The average Bonchev–Trinajstić information content (AvgIpc) is 2.40. The summed E-state index contributed by atoms with van der Waals surface area (Å²) in [6.07, 6.45) is 5.59. The number of hydrogen-bond donors (Lipinski definition) is 1. The lowest BCUT2D eigenvalue weighted by Crippen LogP contribution is -2.56. The summed E-state index contributed by atoms with van der Waals surface area (Å²) >= 11 is 0. The van der Waals surface area contributed by atoms with E-state index in [0.717, 1.165) is 23.7 Å². The van der Waals surface area contributed by atoms with Crippen molar-refractivity contribution in [3.63, 3.8) is 0 Å². The normalized spacial score (nSPS) is 16.9. The van der Waals surface area contributed by atoms with Crippen molar-refractivity contribution >= 4 is 0 Å². The van der Waals surface area contributed by atoms with Gasteiger partial charge >= 0.3 is 0 Å². The van der Waals surface area contributed by atoms with Gasteiger partial charge in [-0.25, -0.2) is 0 Å². The Morgan fingerprint density at radius 1 is 1.30 bits per heavy atom. The Morgan fingerprint density at radius 2 is 2.05 bits per heavy atom. The molecule has 112 valence electrons. The number of pyridine rings is 1. The summed E-state index contributed by atoms with van der Waals surface area (Å²) in [6, 6.07) is 1.82. The second kappa shape index (κ2) is 6.41. The Balaban J connectivity index is 1.97. The number of hydrogen-bond acceptors (Lipinski definition) is 5. The molecule has 0 aromatic carbocycles. The molecule has 1 fully saturated rings. The summed E-state index contributed by atoms with van der Waals surface area (Å²) in [7, 11) is 7.61. The highest BCUT2D eigenvalue weighted by molar-refractivity contribution is 5.42. The second-order valence-corrected chi connectivity index (χ2v) is 5.57. The number of likely N-dealkylation sites (N-methyl/N-ethyl adjacent to an activating group) is 1. The zero-order valence-electron chi connectivity index (χ0n) is 12.9. The van der Waals surface area contributed by atoms with Crippen LogP contribution in [0, 0.1) is 0 Å². The highest BCUT2D eigenvalue weighted by Gasteiger charge is 2.38. The van der Waals surface area contributed by atoms with E-state index in [4.69, 9.17) is 9.47 Å². The topological polar surface area (TPSA) is 46.6 Å². The van der Waals surface area contributed by atoms with Crippen LogP contribution in [0.15, 0.2) is 12.3 Å². The van der Waals surface area contributed by atoms with Gasteiger partial charge in [0.05, 0.1) is 19.9 Å². The van der Waals surface area contributed by atoms with Gasteiger partial charge in [-0.1, -0.05) is 0 Å². The van der Waals surface area contributed by atoms with E-state index in [9.17, 15) is 0 Å². The Labute approximate surface area is 121 Å². The largest absolute Gasteiger partial charge is 0.493 e. The van der Waals surface area contributed by atoms with Crippen molar-refractivity contribution < 1.29 is 9.47 Å². The summed E-state index contributed by atoms with van der Waals surface area (Å²) in [6.45, 7) is 1.66. The number of nitrogens with zero attached hydrogens (tertiary/aromatic N) is 2. The van der Waals surface area contributed by atoms with Gasteiger partial charge in [0.15, 0.2) is 11.5 Å². The fourth-order valence-electron chi connectivity index (χ4n) is 2.76. The third-order valence-corrected chi connectivity index (χ3v) is 4.35. The molecule has 1 aromatic rings. The van der Waals surface area contributed by atoms with E-state index in [0.29, 0.717) is 12.1 Å². The van der Waals surface area contributed by atoms with Gasteiger partial charge < -0.3 is 19.7 Å². The zero-order chi connectivity index (χ0) is 14.6. The molecule has 1 aromatic heterocycles. The van der Waals surface area contributed by atoms with Crippen LogP contribution in [0.25, 0.3) is 0 Å². The van der Waals surface area contributed by atoms with Crippen LogP contribution in [-0.4, -0.2) is 50.3 Å². The SMILES string of the molecule is COc1ccnc(CNCC2(N(C)C)CCC2)c1OC. The summed E-state index contributed by atoms with van der Waals surface area (Å²) in [4.78, 5) is 6.72. The molecule has 20 heavy (non-hydrogen) atoms. The molecular formula is C15H25N3O2. The molecule has 0 atom stereocenters. The van der Waals surface area contributed by atoms with E-state index in [1.54, 1.807) is 20.4 Å². The lowest BCUT2D eigenvalue weighted by molar-refractivity contribution is 0.0597. The third-order valence-electron chi connectivity index (χ3n) is 4.35. The van der Waals surface area contributed by atoms with Gasteiger partial charge in [-0.15, -0.1) is 0 Å². The molecule has 1 aliphatic rings. The molecule has 1 heterocycles. The van der Waals surface area contributed by atoms with Crippen molar-refractivity contribution in [3.8, 4) is 11.5 Å². The molecule has 0 unspecified atom stereocenters. The Hall–Kier alpha value is -1.33. The maximum Gasteiger partial charge on any atom is 0.183 e. The van der Waals surface area contributed by atoms with Gasteiger partial charge in [-0.3, -0.25) is 4.98 Å². The fourth-order valence-corrected chi connectivity index (χ4v) is 2.76. The van der Waals surface area contributed by atoms with E-state index in [2.05, 4.69) is 29.3 Å². The van der Waals surface area contributed by atoms with Gasteiger partial charge in [0.2, 0.25) is 0 Å². The predicted octanol–water partition coefficient (Wildman–Crippen LogP) is 1.67. The van der Waals surface area contributed by atoms with Crippen molar-refractivity contribution in [2.24, 2.45) is 0 Å². The van der Waals surface area contributed by atoms with Crippen molar-refractivity contribution in [1.82, 2.24) is 15.2 Å². The molecule has 0 radical (unpaired) electrons. The lowest BCUT2D eigenvalue weighted by atomic mass is 9.75. The Morgan fingerprint density at radius 3 is 2.55 bits per heavy atom. The van der Waals surface area contributed by atoms with Gasteiger partial charge in [0, 0.05) is 30.9 Å². The van der Waals surface area contributed by atoms with Crippen LogP contribution in [0.5, 0.6) is 11.5 Å². The predicted molar refractivity (Wildman–Crippen MR) is 79.3 cm³/mol. The molecule has 5 heteroatoms. The number of aromatic nitrogens is 1. The highest BCUT2D eigenvalue weighted by Crippen LogP contribution is 2.35. The zero-order valence-corrected chi connectivity index (χ0v) is 12.9. The molecule has 0 spiro atoms. The number of rotatable bonds is 7. The fraction of sp³-hybridized carbons (Fsp3) is 0.667. The van der Waals surface area contributed by atoms with Crippen molar-refractivity contribution in [3.05, 3.63) is 18.0 Å². The van der Waals surface area contributed by atoms with Crippen LogP contribution in [0.4, 0.5) is 0 Å². The third kappa shape index (κ3) is 2.88. The smallest absolute Gasteiger partial charge is 0.183 e. The summed E-state index contributed by atoms with van der Waals surface area (Å²) in [5.74, 6) is 1.44. The monoisotopic (exact) mass is 279 g/mol. The van der Waals surface area contributed by atoms with Crippen LogP contribution >= 0.6 is 0 Å². The van der Waals surface area contributed by atoms with E-state index >= 15 is 0 Å². The van der Waals surface area contributed by atoms with Crippen LogP contribution in [0.3, 0.4) is 0 Å². The molecule has 0 saturated heterocycles. The van der Waals surface area contributed by atoms with Crippen LogP contribution < -0.4 is 14.8 Å². The molecule has 0 bridgehead atoms. The Kier molecular flexibility index (Phi) is 4.83. The minimum Gasteiger partial charge on any atom is -0.493 e. The summed E-state index contributed by atoms with van der Waals surface area (Å²) in [5.41, 5.74) is 1.20. The second-order valence-electron chi connectivity index (χ2n) is 5.57. The number of ether oxygens (including phenoxy) is 2. The number of methoxy groups -OCH3 is 2. The minimum absolute atomic E-state index is 0.312. The Bertz CT molecular complexity index is 445. The van der Waals surface area contributed by atoms with Gasteiger partial charge in [0.25, 0.3) is 0 Å². The molecule has 1 N–H and O–H groups in total. The van der Waals surface area contributed by atoms with Crippen LogP contribution in [-0.2, 0) is 6.54 Å². The maximum atomic E-state index is 5.40. The summed E-state index contributed by atoms with van der Waals surface area (Å²) < 4.78 is 10.7. The standard InChI is InChI=1S/C15H25N3O2/c1-18(2)15(7-5-8-15)11-16-10-12-14(20-4)13(19-3)6-9-17-12/h6,9,16H,5,7-8,10-11H2,1-4H3. The maximum absolute atomic E-state index is 5.40. The van der Waals surface area contributed by atoms with E-state index in [1.807, 2.05) is 6.07 Å². The summed E-state index contributed by atoms with van der Waals surface area (Å²) in [5, 5.41) is 3.51. The van der Waals surface area contributed by atoms with Crippen LogP contribution in [0.1, 0.15) is 25.0 Å². The molecule has 0 aliphatic heterocycles. The first-order chi connectivity index (χ1) is 9.63. The first-order valence-corrected chi connectivity index (χ1v) is 7.07. The van der Waals surface area contributed by atoms with E-state index in [1.165, 1.54) is 19.3 Å². The first kappa shape index (κ1) is 15.1. The number of nitrogens with one attached hydrogen (secondary N) is 1. The minimum atomic E-state index is 0.312. The van der Waals surface area contributed by atoms with Crippen molar-refractivity contribution in [1.29, 1.82) is 0 Å². The van der Waals surface area contributed by atoms with Gasteiger partial charge in [0.1, 0.15) is 0 Å². The lowest BCUT2D eigenvalue weighted by Gasteiger charge is -2.47. The molecular weight excluding hydrogens is 254 g/mol. The van der Waals surface area contributed by atoms with Gasteiger partial charge in [-0.05, 0) is 33.4 Å². The van der Waals surface area contributed by atoms with E-state index in [-0.39, 0.29) is 0 Å². The average molecular weight is 279 g/mol.